The van der Waals surface area contributed by atoms with Gasteiger partial charge in [-0.1, -0.05) is 12.1 Å². The second kappa shape index (κ2) is 6.23. The molecule has 0 saturated carbocycles. The fourth-order valence-corrected chi connectivity index (χ4v) is 4.15. The van der Waals surface area contributed by atoms with Gasteiger partial charge in [-0.15, -0.1) is 0 Å². The van der Waals surface area contributed by atoms with Crippen molar-refractivity contribution in [3.8, 4) is 11.5 Å². The summed E-state index contributed by atoms with van der Waals surface area (Å²) >= 11 is 0. The zero-order chi connectivity index (χ0) is 17.4. The number of nitrogens with zero attached hydrogens (tertiary/aromatic N) is 5. The van der Waals surface area contributed by atoms with Gasteiger partial charge in [0.15, 0.2) is 5.82 Å². The van der Waals surface area contributed by atoms with Crippen molar-refractivity contribution in [1.82, 2.24) is 23.7 Å². The molecule has 9 heteroatoms. The van der Waals surface area contributed by atoms with E-state index in [4.69, 9.17) is 4.52 Å². The molecular weight excluding hydrogens is 330 g/mol. The average Bonchev–Trinajstić information content (AvgIpc) is 3.06. The van der Waals surface area contributed by atoms with Gasteiger partial charge in [0.1, 0.15) is 0 Å². The number of aromatic nitrogens is 3. The standard InChI is InChI=1S/C15H21N5O3S/c1-15(7-4-10-20(11-15)24(21,22)19(2)3)14-17-13(23-18-14)12-5-8-16-9-6-12/h5-6,8-9H,4,7,10-11H2,1-3H3. The van der Waals surface area contributed by atoms with Gasteiger partial charge in [0.05, 0.1) is 0 Å². The van der Waals surface area contributed by atoms with Gasteiger partial charge < -0.3 is 4.52 Å². The van der Waals surface area contributed by atoms with Crippen molar-refractivity contribution in [1.29, 1.82) is 0 Å². The summed E-state index contributed by atoms with van der Waals surface area (Å²) in [6.07, 6.45) is 4.88. The van der Waals surface area contributed by atoms with Crippen LogP contribution in [-0.2, 0) is 15.6 Å². The molecule has 0 aromatic carbocycles. The highest BCUT2D eigenvalue weighted by Gasteiger charge is 2.41. The Hall–Kier alpha value is -1.84. The van der Waals surface area contributed by atoms with Gasteiger partial charge in [-0.05, 0) is 25.0 Å². The number of piperidine rings is 1. The van der Waals surface area contributed by atoms with E-state index >= 15 is 0 Å². The molecule has 1 aliphatic rings. The predicted octanol–water partition coefficient (Wildman–Crippen LogP) is 1.29. The van der Waals surface area contributed by atoms with Crippen molar-refractivity contribution in [2.24, 2.45) is 0 Å². The molecular formula is C15H21N5O3S. The summed E-state index contributed by atoms with van der Waals surface area (Å²) in [4.78, 5) is 8.46. The van der Waals surface area contributed by atoms with Crippen LogP contribution in [0.15, 0.2) is 29.0 Å². The summed E-state index contributed by atoms with van der Waals surface area (Å²) in [5.41, 5.74) is 0.316. The van der Waals surface area contributed by atoms with Crippen LogP contribution in [0.4, 0.5) is 0 Å². The summed E-state index contributed by atoms with van der Waals surface area (Å²) in [5.74, 6) is 0.953. The molecule has 1 atom stereocenters. The molecule has 1 fully saturated rings. The Bertz CT molecular complexity index is 806. The second-order valence-corrected chi connectivity index (χ2v) is 8.59. The summed E-state index contributed by atoms with van der Waals surface area (Å²) in [5, 5.41) is 4.11. The third kappa shape index (κ3) is 3.06. The van der Waals surface area contributed by atoms with E-state index in [1.54, 1.807) is 24.5 Å². The topological polar surface area (TPSA) is 92.4 Å². The Morgan fingerprint density at radius 1 is 1.29 bits per heavy atom. The van der Waals surface area contributed by atoms with Crippen LogP contribution in [0.25, 0.3) is 11.5 Å². The lowest BCUT2D eigenvalue weighted by molar-refractivity contribution is 0.218. The highest BCUT2D eigenvalue weighted by atomic mass is 32.2. The summed E-state index contributed by atoms with van der Waals surface area (Å²) in [7, 11) is -0.374. The molecule has 24 heavy (non-hydrogen) atoms. The number of pyridine rings is 1. The fourth-order valence-electron chi connectivity index (χ4n) is 2.88. The van der Waals surface area contributed by atoms with Crippen LogP contribution in [-0.4, -0.2) is 59.3 Å². The normalized spacial score (nSPS) is 22.8. The molecule has 0 spiro atoms. The Balaban J connectivity index is 1.87. The van der Waals surface area contributed by atoms with Crippen LogP contribution in [0.1, 0.15) is 25.6 Å². The maximum atomic E-state index is 12.4. The first kappa shape index (κ1) is 17.0. The average molecular weight is 351 g/mol. The number of rotatable bonds is 4. The molecule has 0 amide bonds. The molecule has 1 unspecified atom stereocenters. The van der Waals surface area contributed by atoms with Crippen molar-refractivity contribution in [2.75, 3.05) is 27.2 Å². The number of hydrogen-bond donors (Lipinski definition) is 0. The molecule has 2 aromatic rings. The Morgan fingerprint density at radius 2 is 2.00 bits per heavy atom. The fraction of sp³-hybridized carbons (Fsp3) is 0.533. The van der Waals surface area contributed by atoms with Crippen LogP contribution in [0.5, 0.6) is 0 Å². The van der Waals surface area contributed by atoms with E-state index in [1.165, 1.54) is 22.7 Å². The van der Waals surface area contributed by atoms with E-state index < -0.39 is 15.6 Å². The van der Waals surface area contributed by atoms with Gasteiger partial charge in [0, 0.05) is 50.6 Å². The maximum absolute atomic E-state index is 12.4. The van der Waals surface area contributed by atoms with E-state index in [9.17, 15) is 8.42 Å². The smallest absolute Gasteiger partial charge is 0.281 e. The van der Waals surface area contributed by atoms with E-state index in [0.29, 0.717) is 24.8 Å². The first-order valence-corrected chi connectivity index (χ1v) is 9.15. The molecule has 0 N–H and O–H groups in total. The summed E-state index contributed by atoms with van der Waals surface area (Å²) in [6, 6.07) is 3.59. The molecule has 8 nitrogen and oxygen atoms in total. The predicted molar refractivity (Wildman–Crippen MR) is 88.3 cm³/mol. The minimum atomic E-state index is -3.45. The minimum Gasteiger partial charge on any atom is -0.334 e. The van der Waals surface area contributed by atoms with Crippen molar-refractivity contribution in [3.63, 3.8) is 0 Å². The lowest BCUT2D eigenvalue weighted by Crippen LogP contribution is -2.50. The molecule has 130 valence electrons. The summed E-state index contributed by atoms with van der Waals surface area (Å²) in [6.45, 7) is 2.82. The van der Waals surface area contributed by atoms with Crippen LogP contribution >= 0.6 is 0 Å². The van der Waals surface area contributed by atoms with Crippen molar-refractivity contribution >= 4 is 10.2 Å². The van der Waals surface area contributed by atoms with Gasteiger partial charge in [-0.2, -0.15) is 22.0 Å². The highest BCUT2D eigenvalue weighted by molar-refractivity contribution is 7.86. The Labute approximate surface area is 141 Å². The molecule has 3 rings (SSSR count). The number of hydrogen-bond acceptors (Lipinski definition) is 6. The van der Waals surface area contributed by atoms with Gasteiger partial charge in [-0.25, -0.2) is 0 Å². The third-order valence-electron chi connectivity index (χ3n) is 4.34. The lowest BCUT2D eigenvalue weighted by atomic mass is 9.82. The highest BCUT2D eigenvalue weighted by Crippen LogP contribution is 2.34. The van der Waals surface area contributed by atoms with Gasteiger partial charge >= 0.3 is 0 Å². The zero-order valence-electron chi connectivity index (χ0n) is 14.0. The minimum absolute atomic E-state index is 0.336. The van der Waals surface area contributed by atoms with Gasteiger partial charge in [-0.3, -0.25) is 4.98 Å². The Kier molecular flexibility index (Phi) is 4.41. The zero-order valence-corrected chi connectivity index (χ0v) is 14.8. The first-order valence-electron chi connectivity index (χ1n) is 7.75. The van der Waals surface area contributed by atoms with Crippen LogP contribution in [0, 0.1) is 0 Å². The second-order valence-electron chi connectivity index (χ2n) is 6.45. The van der Waals surface area contributed by atoms with Crippen molar-refractivity contribution in [3.05, 3.63) is 30.4 Å². The van der Waals surface area contributed by atoms with E-state index in [0.717, 1.165) is 18.4 Å². The SMILES string of the molecule is CN(C)S(=O)(=O)N1CCCC(C)(c2noc(-c3ccncc3)n2)C1. The lowest BCUT2D eigenvalue weighted by Gasteiger charge is -2.38. The summed E-state index contributed by atoms with van der Waals surface area (Å²) < 4.78 is 32.9. The van der Waals surface area contributed by atoms with E-state index in [-0.39, 0.29) is 0 Å². The van der Waals surface area contributed by atoms with Crippen molar-refractivity contribution < 1.29 is 12.9 Å². The van der Waals surface area contributed by atoms with Gasteiger partial charge in [0.2, 0.25) is 0 Å². The van der Waals surface area contributed by atoms with Crippen LogP contribution < -0.4 is 0 Å². The molecule has 1 aliphatic heterocycles. The molecule has 1 saturated heterocycles. The molecule has 0 radical (unpaired) electrons. The Morgan fingerprint density at radius 3 is 2.67 bits per heavy atom. The van der Waals surface area contributed by atoms with Crippen molar-refractivity contribution in [2.45, 2.75) is 25.2 Å². The van der Waals surface area contributed by atoms with E-state index in [2.05, 4.69) is 15.1 Å². The molecule has 3 heterocycles. The molecule has 0 aliphatic carbocycles. The van der Waals surface area contributed by atoms with Crippen LogP contribution in [0.3, 0.4) is 0 Å². The molecule has 0 bridgehead atoms. The quantitative estimate of drug-likeness (QED) is 0.824. The largest absolute Gasteiger partial charge is 0.334 e. The van der Waals surface area contributed by atoms with Gasteiger partial charge in [0.25, 0.3) is 16.1 Å². The molecule has 2 aromatic heterocycles. The van der Waals surface area contributed by atoms with E-state index in [1.807, 2.05) is 6.92 Å². The third-order valence-corrected chi connectivity index (χ3v) is 6.23. The maximum Gasteiger partial charge on any atom is 0.281 e. The first-order chi connectivity index (χ1) is 11.3. The monoisotopic (exact) mass is 351 g/mol. The van der Waals surface area contributed by atoms with Crippen LogP contribution in [0.2, 0.25) is 0 Å².